The van der Waals surface area contributed by atoms with Gasteiger partial charge in [0.15, 0.2) is 17.3 Å². The van der Waals surface area contributed by atoms with Gasteiger partial charge < -0.3 is 25.2 Å². The quantitative estimate of drug-likeness (QED) is 0.101. The first-order valence-corrected chi connectivity index (χ1v) is 18.8. The summed E-state index contributed by atoms with van der Waals surface area (Å²) in [6.45, 7) is 11.0. The number of nitrogens with zero attached hydrogens (tertiary/aromatic N) is 2. The predicted molar refractivity (Wildman–Crippen MR) is 220 cm³/mol. The molecule has 1 heterocycles. The number of aliphatic hydroxyl groups is 2. The molecule has 6 aromatic rings. The second-order valence-electron chi connectivity index (χ2n) is 15.9. The first-order chi connectivity index (χ1) is 26.4. The number of pyridine rings is 1. The van der Waals surface area contributed by atoms with Crippen molar-refractivity contribution < 1.29 is 24.5 Å². The highest BCUT2D eigenvalue weighted by Gasteiger charge is 2.36. The molecule has 0 saturated heterocycles. The summed E-state index contributed by atoms with van der Waals surface area (Å²) in [5.74, 6) is 0.727. The van der Waals surface area contributed by atoms with Crippen molar-refractivity contribution >= 4 is 39.7 Å². The maximum atomic E-state index is 14.9. The fraction of sp³-hybridized carbons (Fsp3) is 0.255. The number of anilines is 3. The zero-order chi connectivity index (χ0) is 38.9. The minimum atomic E-state index is -0.298. The second kappa shape index (κ2) is 15.1. The molecule has 3 N–H and O–H groups in total. The van der Waals surface area contributed by atoms with Crippen molar-refractivity contribution in [2.24, 2.45) is 5.41 Å². The number of nitrogens with one attached hydrogen (secondary N) is 1. The molecule has 0 aliphatic heterocycles. The molecule has 0 saturated carbocycles. The van der Waals surface area contributed by atoms with Gasteiger partial charge in [0.2, 0.25) is 0 Å². The molecule has 0 unspecified atom stereocenters. The third-order valence-electron chi connectivity index (χ3n) is 10.1. The Balaban J connectivity index is 1.54. The second-order valence-corrected chi connectivity index (χ2v) is 15.9. The van der Waals surface area contributed by atoms with Crippen molar-refractivity contribution in [3.8, 4) is 22.6 Å². The summed E-state index contributed by atoms with van der Waals surface area (Å²) in [6, 6.07) is 35.8. The number of aromatic nitrogens is 1. The number of benzene rings is 5. The van der Waals surface area contributed by atoms with Gasteiger partial charge >= 0.3 is 0 Å². The van der Waals surface area contributed by atoms with Crippen LogP contribution in [-0.4, -0.2) is 53.1 Å². The number of hydrogen-bond acceptors (Lipinski definition) is 8. The van der Waals surface area contributed by atoms with Gasteiger partial charge in [0.05, 0.1) is 30.0 Å². The highest BCUT2D eigenvalue weighted by molar-refractivity contribution is 6.32. The van der Waals surface area contributed by atoms with Gasteiger partial charge in [0.25, 0.3) is 0 Å². The van der Waals surface area contributed by atoms with Gasteiger partial charge in [0, 0.05) is 46.9 Å². The highest BCUT2D eigenvalue weighted by atomic mass is 16.5. The Labute approximate surface area is 322 Å². The molecule has 0 spiro atoms. The Hall–Kier alpha value is -5.83. The molecule has 0 radical (unpaired) electrons. The van der Waals surface area contributed by atoms with Crippen LogP contribution in [0.2, 0.25) is 0 Å². The first kappa shape index (κ1) is 37.5. The van der Waals surface area contributed by atoms with E-state index in [4.69, 9.17) is 9.72 Å². The van der Waals surface area contributed by atoms with Crippen LogP contribution < -0.4 is 15.0 Å². The van der Waals surface area contributed by atoms with Crippen molar-refractivity contribution in [1.29, 1.82) is 0 Å². The number of fused-ring (bicyclic) bond motifs is 2. The van der Waals surface area contributed by atoms with Crippen molar-refractivity contribution in [2.75, 3.05) is 36.5 Å². The zero-order valence-corrected chi connectivity index (χ0v) is 32.0. The van der Waals surface area contributed by atoms with Crippen LogP contribution in [0, 0.1) is 5.41 Å². The van der Waals surface area contributed by atoms with Crippen LogP contribution in [0.4, 0.5) is 17.2 Å². The normalized spacial score (nSPS) is 12.4. The summed E-state index contributed by atoms with van der Waals surface area (Å²) in [5.41, 5.74) is 5.58. The van der Waals surface area contributed by atoms with Gasteiger partial charge in [-0.05, 0) is 52.6 Å². The molecule has 8 heteroatoms. The van der Waals surface area contributed by atoms with Crippen molar-refractivity contribution in [1.82, 2.24) is 4.98 Å². The third-order valence-corrected chi connectivity index (χ3v) is 10.1. The molecular formula is C47H47N3O5. The lowest BCUT2D eigenvalue weighted by molar-refractivity contribution is 0.102. The van der Waals surface area contributed by atoms with E-state index in [1.807, 2.05) is 66.7 Å². The van der Waals surface area contributed by atoms with E-state index < -0.39 is 0 Å². The Kier molecular flexibility index (Phi) is 10.3. The molecule has 0 fully saturated rings. The fourth-order valence-corrected chi connectivity index (χ4v) is 8.07. The number of aliphatic hydroxyl groups excluding tert-OH is 2. The molecule has 1 aromatic heterocycles. The fourth-order valence-electron chi connectivity index (χ4n) is 8.07. The highest BCUT2D eigenvalue weighted by Crippen LogP contribution is 2.50. The minimum Gasteiger partial charge on any atom is -0.455 e. The third kappa shape index (κ3) is 7.48. The van der Waals surface area contributed by atoms with Gasteiger partial charge in [-0.25, -0.2) is 4.98 Å². The Bertz CT molecular complexity index is 2360. The van der Waals surface area contributed by atoms with Crippen molar-refractivity contribution in [3.05, 3.63) is 143 Å². The lowest BCUT2D eigenvalue weighted by Gasteiger charge is -2.33. The molecular weight excluding hydrogens is 687 g/mol. The monoisotopic (exact) mass is 733 g/mol. The molecule has 7 rings (SSSR count). The van der Waals surface area contributed by atoms with Gasteiger partial charge in [-0.2, -0.15) is 0 Å². The molecule has 0 bridgehead atoms. The largest absolute Gasteiger partial charge is 0.455 e. The van der Waals surface area contributed by atoms with E-state index in [1.165, 1.54) is 5.56 Å². The van der Waals surface area contributed by atoms with Crippen LogP contribution in [0.5, 0.6) is 11.5 Å². The first-order valence-electron chi connectivity index (χ1n) is 18.8. The van der Waals surface area contributed by atoms with Crippen LogP contribution in [0.25, 0.3) is 22.0 Å². The van der Waals surface area contributed by atoms with Gasteiger partial charge in [-0.3, -0.25) is 9.59 Å². The minimum absolute atomic E-state index is 0.0709. The summed E-state index contributed by atoms with van der Waals surface area (Å²) < 4.78 is 6.76. The predicted octanol–water partition coefficient (Wildman–Crippen LogP) is 9.72. The molecule has 5 aromatic carbocycles. The maximum Gasteiger partial charge on any atom is 0.197 e. The SMILES string of the molecule is CC(C)(C)CC(C)(C)c1ccc(Oc2cc(Nc3ccccc3)c3c4c(c(C(=O)c5ccccc5)c(N(CCO)CCO)nc24)-c2ccccc2C3=O)cc1. The molecule has 55 heavy (non-hydrogen) atoms. The molecule has 280 valence electrons. The standard InChI is InChI=1S/C47H47N3O5/c1-46(2,3)29-47(4,5)31-20-22-33(23-21-31)55-37-28-36(48-32-16-10-7-11-17-32)39-40-38(34-18-12-13-19-35(34)44(39)54)41(43(53)30-14-8-6-9-15-30)45(49-42(37)40)50(24-26-51)25-27-52/h6-23,28,48,51-52H,24-27,29H2,1-5H3. The smallest absolute Gasteiger partial charge is 0.197 e. The van der Waals surface area contributed by atoms with Crippen molar-refractivity contribution in [3.63, 3.8) is 0 Å². The lowest BCUT2D eigenvalue weighted by Crippen LogP contribution is -2.32. The molecule has 1 aliphatic rings. The number of rotatable bonds is 13. The summed E-state index contributed by atoms with van der Waals surface area (Å²) in [5, 5.41) is 24.4. The van der Waals surface area contributed by atoms with Crippen LogP contribution in [0.1, 0.15) is 78.4 Å². The number of carbonyl (C=O) groups excluding carboxylic acids is 2. The van der Waals surface area contributed by atoms with Gasteiger partial charge in [-0.15, -0.1) is 0 Å². The summed E-state index contributed by atoms with van der Waals surface area (Å²) in [7, 11) is 0. The van der Waals surface area contributed by atoms with E-state index in [0.717, 1.165) is 12.1 Å². The van der Waals surface area contributed by atoms with Gasteiger partial charge in [-0.1, -0.05) is 120 Å². The Morgan fingerprint density at radius 2 is 1.36 bits per heavy atom. The van der Waals surface area contributed by atoms with Crippen molar-refractivity contribution in [2.45, 2.75) is 46.5 Å². The van der Waals surface area contributed by atoms with Gasteiger partial charge in [0.1, 0.15) is 17.1 Å². The van der Waals surface area contributed by atoms with E-state index in [1.54, 1.807) is 41.3 Å². The number of hydrogen-bond donors (Lipinski definition) is 3. The molecule has 0 amide bonds. The molecule has 0 atom stereocenters. The van der Waals surface area contributed by atoms with E-state index in [9.17, 15) is 19.8 Å². The topological polar surface area (TPSA) is 112 Å². The number of para-hydroxylation sites is 1. The maximum absolute atomic E-state index is 14.9. The average molecular weight is 734 g/mol. The molecule has 1 aliphatic carbocycles. The van der Waals surface area contributed by atoms with Crippen LogP contribution in [0.15, 0.2) is 115 Å². The molecule has 8 nitrogen and oxygen atoms in total. The van der Waals surface area contributed by atoms with Crippen LogP contribution >= 0.6 is 0 Å². The lowest BCUT2D eigenvalue weighted by atomic mass is 9.72. The summed E-state index contributed by atoms with van der Waals surface area (Å²) in [6.07, 6.45) is 0.994. The number of carbonyl (C=O) groups is 2. The summed E-state index contributed by atoms with van der Waals surface area (Å²) >= 11 is 0. The van der Waals surface area contributed by atoms with E-state index in [0.29, 0.717) is 55.9 Å². The Morgan fingerprint density at radius 3 is 1.98 bits per heavy atom. The van der Waals surface area contributed by atoms with Crippen LogP contribution in [0.3, 0.4) is 0 Å². The van der Waals surface area contributed by atoms with Crippen LogP contribution in [-0.2, 0) is 5.41 Å². The zero-order valence-electron chi connectivity index (χ0n) is 32.0. The number of ether oxygens (including phenoxy) is 1. The van der Waals surface area contributed by atoms with E-state index >= 15 is 0 Å². The number of ketones is 2. The average Bonchev–Trinajstić information content (AvgIpc) is 3.16. The summed E-state index contributed by atoms with van der Waals surface area (Å²) in [4.78, 5) is 36.5. The van der Waals surface area contributed by atoms with E-state index in [2.05, 4.69) is 52.1 Å². The van der Waals surface area contributed by atoms with E-state index in [-0.39, 0.29) is 60.1 Å². The Morgan fingerprint density at radius 1 is 0.764 bits per heavy atom.